The number of aromatic amines is 1. The molecule has 0 bridgehead atoms. The molecule has 4 rings (SSSR count). The maximum absolute atomic E-state index is 12.0. The van der Waals surface area contributed by atoms with Crippen LogP contribution in [0.25, 0.3) is 22.7 Å². The Balaban J connectivity index is 1.66. The molecule has 2 aromatic heterocycles. The van der Waals surface area contributed by atoms with Gasteiger partial charge in [0.05, 0.1) is 12.7 Å². The van der Waals surface area contributed by atoms with Gasteiger partial charge in [0.15, 0.2) is 11.5 Å². The van der Waals surface area contributed by atoms with Crippen molar-refractivity contribution in [1.82, 2.24) is 9.97 Å². The zero-order valence-electron chi connectivity index (χ0n) is 16.3. The zero-order chi connectivity index (χ0) is 20.9. The fourth-order valence-corrected chi connectivity index (χ4v) is 3.21. The normalized spacial score (nSPS) is 11.4. The van der Waals surface area contributed by atoms with Gasteiger partial charge in [0.25, 0.3) is 0 Å². The summed E-state index contributed by atoms with van der Waals surface area (Å²) >= 11 is 0. The second-order valence-electron chi connectivity index (χ2n) is 6.65. The molecule has 4 aromatic rings. The van der Waals surface area contributed by atoms with Gasteiger partial charge in [-0.25, -0.2) is 9.78 Å². The number of rotatable bonds is 7. The van der Waals surface area contributed by atoms with Gasteiger partial charge in [-0.2, -0.15) is 0 Å². The Morgan fingerprint density at radius 2 is 1.93 bits per heavy atom. The third kappa shape index (κ3) is 4.03. The number of pyridine rings is 1. The van der Waals surface area contributed by atoms with Crippen LogP contribution in [0.3, 0.4) is 0 Å². The number of nitrogens with zero attached hydrogens (tertiary/aromatic N) is 1. The van der Waals surface area contributed by atoms with Crippen molar-refractivity contribution in [3.05, 3.63) is 89.7 Å². The van der Waals surface area contributed by atoms with Crippen molar-refractivity contribution in [3.8, 4) is 11.5 Å². The summed E-state index contributed by atoms with van der Waals surface area (Å²) < 4.78 is 11.3. The molecule has 0 saturated carbocycles. The second kappa shape index (κ2) is 8.53. The number of benzene rings is 2. The fraction of sp³-hybridized carbons (Fsp3) is 0.0833. The molecule has 0 radical (unpaired) electrons. The van der Waals surface area contributed by atoms with Crippen molar-refractivity contribution in [3.63, 3.8) is 0 Å². The lowest BCUT2D eigenvalue weighted by atomic mass is 10.0. The van der Waals surface area contributed by atoms with E-state index in [4.69, 9.17) is 9.47 Å². The molecule has 0 aliphatic rings. The maximum Gasteiger partial charge on any atom is 0.336 e. The van der Waals surface area contributed by atoms with Crippen LogP contribution in [0.2, 0.25) is 0 Å². The number of methoxy groups -OCH3 is 1. The van der Waals surface area contributed by atoms with Crippen molar-refractivity contribution in [2.45, 2.75) is 6.61 Å². The Kier molecular flexibility index (Phi) is 5.48. The first-order chi connectivity index (χ1) is 14.7. The van der Waals surface area contributed by atoms with Gasteiger partial charge in [-0.15, -0.1) is 0 Å². The quantitative estimate of drug-likeness (QED) is 0.436. The molecule has 0 fully saturated rings. The van der Waals surface area contributed by atoms with E-state index in [1.54, 1.807) is 36.7 Å². The molecule has 2 N–H and O–H groups in total. The average Bonchev–Trinajstić information content (AvgIpc) is 3.19. The highest BCUT2D eigenvalue weighted by molar-refractivity contribution is 6.21. The molecular weight excluding hydrogens is 380 g/mol. The predicted molar refractivity (Wildman–Crippen MR) is 115 cm³/mol. The van der Waals surface area contributed by atoms with Crippen LogP contribution in [0, 0.1) is 0 Å². The summed E-state index contributed by atoms with van der Waals surface area (Å²) in [7, 11) is 1.53. The number of fused-ring (bicyclic) bond motifs is 1. The Bertz CT molecular complexity index is 1210. The molecule has 0 amide bonds. The summed E-state index contributed by atoms with van der Waals surface area (Å²) in [4.78, 5) is 19.3. The van der Waals surface area contributed by atoms with E-state index in [2.05, 4.69) is 9.97 Å². The molecule has 0 atom stereocenters. The number of hydrogen-bond acceptors (Lipinski definition) is 4. The second-order valence-corrected chi connectivity index (χ2v) is 6.65. The summed E-state index contributed by atoms with van der Waals surface area (Å²) in [5, 5.41) is 10.7. The number of carboxylic acids is 1. The van der Waals surface area contributed by atoms with Crippen LogP contribution >= 0.6 is 0 Å². The van der Waals surface area contributed by atoms with E-state index in [1.807, 2.05) is 42.5 Å². The van der Waals surface area contributed by atoms with Gasteiger partial charge in [0.1, 0.15) is 12.3 Å². The van der Waals surface area contributed by atoms with E-state index < -0.39 is 5.97 Å². The highest BCUT2D eigenvalue weighted by Crippen LogP contribution is 2.32. The van der Waals surface area contributed by atoms with Gasteiger partial charge in [0, 0.05) is 23.3 Å². The van der Waals surface area contributed by atoms with E-state index in [0.29, 0.717) is 29.3 Å². The topological polar surface area (TPSA) is 84.4 Å². The first kappa shape index (κ1) is 19.3. The molecule has 2 heterocycles. The lowest BCUT2D eigenvalue weighted by Gasteiger charge is -2.13. The van der Waals surface area contributed by atoms with Gasteiger partial charge in [-0.3, -0.25) is 0 Å². The van der Waals surface area contributed by atoms with Crippen molar-refractivity contribution >= 4 is 28.7 Å². The SMILES string of the molecule is COc1cc(/C(=C/c2c[nH]c3ncccc23)C(=O)O)ccc1OCc1ccccc1. The Morgan fingerprint density at radius 1 is 1.10 bits per heavy atom. The standard InChI is InChI=1S/C24H20N2O4/c1-29-22-13-17(9-10-21(22)30-15-16-6-3-2-4-7-16)20(24(27)28)12-18-14-26-23-19(18)8-5-11-25-23/h2-14H,15H2,1H3,(H,25,26)(H,27,28)/b20-12-. The van der Waals surface area contributed by atoms with Gasteiger partial charge in [-0.05, 0) is 41.5 Å². The predicted octanol–water partition coefficient (Wildman–Crippen LogP) is 4.78. The van der Waals surface area contributed by atoms with E-state index in [0.717, 1.165) is 16.5 Å². The number of aromatic nitrogens is 2. The molecule has 0 aliphatic carbocycles. The third-order valence-corrected chi connectivity index (χ3v) is 4.73. The fourth-order valence-electron chi connectivity index (χ4n) is 3.21. The van der Waals surface area contributed by atoms with E-state index in [9.17, 15) is 9.90 Å². The van der Waals surface area contributed by atoms with Gasteiger partial charge < -0.3 is 19.6 Å². The van der Waals surface area contributed by atoms with Crippen LogP contribution in [0.5, 0.6) is 11.5 Å². The molecule has 0 unspecified atom stereocenters. The number of carbonyl (C=O) groups is 1. The monoisotopic (exact) mass is 400 g/mol. The van der Waals surface area contributed by atoms with E-state index >= 15 is 0 Å². The van der Waals surface area contributed by atoms with Crippen LogP contribution in [0.15, 0.2) is 73.1 Å². The number of H-pyrrole nitrogens is 1. The molecule has 150 valence electrons. The number of nitrogens with one attached hydrogen (secondary N) is 1. The van der Waals surface area contributed by atoms with Crippen molar-refractivity contribution < 1.29 is 19.4 Å². The maximum atomic E-state index is 12.0. The van der Waals surface area contributed by atoms with Crippen molar-refractivity contribution in [1.29, 1.82) is 0 Å². The van der Waals surface area contributed by atoms with Crippen LogP contribution in [-0.4, -0.2) is 28.2 Å². The van der Waals surface area contributed by atoms with Gasteiger partial charge >= 0.3 is 5.97 Å². The van der Waals surface area contributed by atoms with Crippen LogP contribution < -0.4 is 9.47 Å². The molecule has 30 heavy (non-hydrogen) atoms. The minimum Gasteiger partial charge on any atom is -0.493 e. The Hall–Kier alpha value is -4.06. The van der Waals surface area contributed by atoms with Crippen molar-refractivity contribution in [2.24, 2.45) is 0 Å². The molecule has 0 saturated heterocycles. The summed E-state index contributed by atoms with van der Waals surface area (Å²) in [6.45, 7) is 0.389. The first-order valence-corrected chi connectivity index (χ1v) is 9.38. The van der Waals surface area contributed by atoms with Crippen LogP contribution in [0.4, 0.5) is 0 Å². The lowest BCUT2D eigenvalue weighted by Crippen LogP contribution is -2.02. The molecule has 2 aromatic carbocycles. The van der Waals surface area contributed by atoms with Crippen molar-refractivity contribution in [2.75, 3.05) is 7.11 Å². The molecule has 0 aliphatic heterocycles. The molecule has 6 nitrogen and oxygen atoms in total. The largest absolute Gasteiger partial charge is 0.493 e. The lowest BCUT2D eigenvalue weighted by molar-refractivity contribution is -0.130. The molecular formula is C24H20N2O4. The van der Waals surface area contributed by atoms with Crippen LogP contribution in [0.1, 0.15) is 16.7 Å². The Labute approximate surface area is 173 Å². The summed E-state index contributed by atoms with van der Waals surface area (Å²) in [6, 6.07) is 18.6. The number of hydrogen-bond donors (Lipinski definition) is 2. The number of carboxylic acid groups (broad SMARTS) is 1. The van der Waals surface area contributed by atoms with Gasteiger partial charge in [-0.1, -0.05) is 36.4 Å². The van der Waals surface area contributed by atoms with Crippen LogP contribution in [-0.2, 0) is 11.4 Å². The zero-order valence-corrected chi connectivity index (χ0v) is 16.3. The summed E-state index contributed by atoms with van der Waals surface area (Å²) in [5.74, 6) is -0.0180. The molecule has 0 spiro atoms. The number of aliphatic carboxylic acids is 1. The van der Waals surface area contributed by atoms with E-state index in [1.165, 1.54) is 7.11 Å². The number of ether oxygens (including phenoxy) is 2. The summed E-state index contributed by atoms with van der Waals surface area (Å²) in [6.07, 6.45) is 5.06. The Morgan fingerprint density at radius 3 is 2.70 bits per heavy atom. The highest BCUT2D eigenvalue weighted by Gasteiger charge is 2.15. The minimum absolute atomic E-state index is 0.146. The smallest absolute Gasteiger partial charge is 0.336 e. The molecule has 6 heteroatoms. The van der Waals surface area contributed by atoms with E-state index in [-0.39, 0.29) is 5.57 Å². The van der Waals surface area contributed by atoms with Gasteiger partial charge in [0.2, 0.25) is 0 Å². The highest BCUT2D eigenvalue weighted by atomic mass is 16.5. The first-order valence-electron chi connectivity index (χ1n) is 9.38. The average molecular weight is 400 g/mol. The summed E-state index contributed by atoms with van der Waals surface area (Å²) in [5.41, 5.74) is 3.15. The minimum atomic E-state index is -1.03. The third-order valence-electron chi connectivity index (χ3n) is 4.73.